The van der Waals surface area contributed by atoms with Crippen molar-refractivity contribution in [2.24, 2.45) is 7.05 Å². The maximum atomic E-state index is 5.91. The summed E-state index contributed by atoms with van der Waals surface area (Å²) in [6, 6.07) is 3.80. The molecule has 4 heterocycles. The average Bonchev–Trinajstić information content (AvgIpc) is 3.25. The molecule has 1 aliphatic heterocycles. The summed E-state index contributed by atoms with van der Waals surface area (Å²) >= 11 is 0. The van der Waals surface area contributed by atoms with Crippen LogP contribution in [0.3, 0.4) is 0 Å². The van der Waals surface area contributed by atoms with Gasteiger partial charge in [0.05, 0.1) is 17.7 Å². The molecule has 4 rings (SSSR count). The number of likely N-dealkylation sites (tertiary alicyclic amines) is 1. The van der Waals surface area contributed by atoms with Gasteiger partial charge in [-0.15, -0.1) is 10.2 Å². The van der Waals surface area contributed by atoms with Crippen molar-refractivity contribution in [3.63, 3.8) is 0 Å². The fraction of sp³-hybridized carbons (Fsp3) is 0.412. The Morgan fingerprint density at radius 1 is 1.29 bits per heavy atom. The second kappa shape index (κ2) is 6.52. The van der Waals surface area contributed by atoms with E-state index in [4.69, 9.17) is 4.42 Å². The molecular formula is C17H20N6O. The van der Waals surface area contributed by atoms with Gasteiger partial charge in [0.15, 0.2) is 0 Å². The van der Waals surface area contributed by atoms with Crippen molar-refractivity contribution in [2.75, 3.05) is 13.1 Å². The lowest BCUT2D eigenvalue weighted by molar-refractivity contribution is 0.186. The van der Waals surface area contributed by atoms with Crippen LogP contribution in [0.15, 0.2) is 41.3 Å². The minimum atomic E-state index is 0.286. The molecule has 1 saturated heterocycles. The van der Waals surface area contributed by atoms with Gasteiger partial charge < -0.3 is 4.42 Å². The summed E-state index contributed by atoms with van der Waals surface area (Å²) in [5.74, 6) is 1.56. The topological polar surface area (TPSA) is 72.9 Å². The fourth-order valence-corrected chi connectivity index (χ4v) is 3.22. The number of hydrogen-bond donors (Lipinski definition) is 0. The largest absolute Gasteiger partial charge is 0.420 e. The van der Waals surface area contributed by atoms with Crippen LogP contribution in [-0.4, -0.2) is 43.0 Å². The highest BCUT2D eigenvalue weighted by molar-refractivity contribution is 5.49. The van der Waals surface area contributed by atoms with Crippen LogP contribution in [0.1, 0.15) is 30.2 Å². The Morgan fingerprint density at radius 2 is 2.25 bits per heavy atom. The van der Waals surface area contributed by atoms with Gasteiger partial charge in [-0.2, -0.15) is 5.10 Å². The van der Waals surface area contributed by atoms with E-state index in [2.05, 4.69) is 31.4 Å². The molecule has 0 saturated carbocycles. The first-order valence-electron chi connectivity index (χ1n) is 8.21. The average molecular weight is 324 g/mol. The Balaban J connectivity index is 1.45. The van der Waals surface area contributed by atoms with Gasteiger partial charge in [-0.05, 0) is 31.5 Å². The van der Waals surface area contributed by atoms with Gasteiger partial charge in [-0.1, -0.05) is 0 Å². The van der Waals surface area contributed by atoms with Crippen molar-refractivity contribution in [1.29, 1.82) is 0 Å². The van der Waals surface area contributed by atoms with Crippen LogP contribution in [0.4, 0.5) is 0 Å². The van der Waals surface area contributed by atoms with E-state index >= 15 is 0 Å². The second-order valence-electron chi connectivity index (χ2n) is 6.28. The number of rotatable bonds is 4. The van der Waals surface area contributed by atoms with Gasteiger partial charge >= 0.3 is 0 Å². The predicted molar refractivity (Wildman–Crippen MR) is 88.0 cm³/mol. The van der Waals surface area contributed by atoms with Gasteiger partial charge in [0.1, 0.15) is 0 Å². The lowest BCUT2D eigenvalue weighted by Gasteiger charge is -2.30. The first-order valence-corrected chi connectivity index (χ1v) is 8.21. The Morgan fingerprint density at radius 3 is 3.04 bits per heavy atom. The Bertz CT molecular complexity index is 796. The van der Waals surface area contributed by atoms with Crippen molar-refractivity contribution >= 4 is 0 Å². The SMILES string of the molecule is Cn1cc(CN2CCC[C@H](c3nnc(-c4cccnc4)o3)C2)cn1. The Labute approximate surface area is 140 Å². The van der Waals surface area contributed by atoms with Crippen molar-refractivity contribution in [1.82, 2.24) is 29.9 Å². The highest BCUT2D eigenvalue weighted by Crippen LogP contribution is 2.28. The third kappa shape index (κ3) is 3.21. The molecule has 0 N–H and O–H groups in total. The minimum Gasteiger partial charge on any atom is -0.420 e. The van der Waals surface area contributed by atoms with Crippen molar-refractivity contribution in [3.05, 3.63) is 48.4 Å². The van der Waals surface area contributed by atoms with E-state index in [0.29, 0.717) is 5.89 Å². The number of nitrogens with zero attached hydrogens (tertiary/aromatic N) is 6. The van der Waals surface area contributed by atoms with Gasteiger partial charge in [-0.3, -0.25) is 14.6 Å². The van der Waals surface area contributed by atoms with Crippen molar-refractivity contribution in [2.45, 2.75) is 25.3 Å². The first kappa shape index (κ1) is 15.0. The molecule has 7 nitrogen and oxygen atoms in total. The second-order valence-corrected chi connectivity index (χ2v) is 6.28. The highest BCUT2D eigenvalue weighted by atomic mass is 16.4. The molecule has 124 valence electrons. The first-order chi connectivity index (χ1) is 11.8. The zero-order valence-electron chi connectivity index (χ0n) is 13.7. The standard InChI is InChI=1S/C17H20N6O/c1-22-10-13(8-19-22)11-23-7-3-5-15(12-23)17-21-20-16(24-17)14-4-2-6-18-9-14/h2,4,6,8-10,15H,3,5,7,11-12H2,1H3/t15-/m0/s1. The molecule has 0 amide bonds. The molecule has 0 aliphatic carbocycles. The van der Waals surface area contributed by atoms with Crippen molar-refractivity contribution < 1.29 is 4.42 Å². The molecule has 1 aliphatic rings. The zero-order valence-corrected chi connectivity index (χ0v) is 13.7. The van der Waals surface area contributed by atoms with Crippen LogP contribution in [-0.2, 0) is 13.6 Å². The summed E-state index contributed by atoms with van der Waals surface area (Å²) in [5, 5.41) is 12.7. The lowest BCUT2D eigenvalue weighted by atomic mass is 9.98. The number of hydrogen-bond acceptors (Lipinski definition) is 6. The van der Waals surface area contributed by atoms with E-state index in [0.717, 1.165) is 43.9 Å². The quantitative estimate of drug-likeness (QED) is 0.733. The van der Waals surface area contributed by atoms with Crippen LogP contribution in [0, 0.1) is 0 Å². The fourth-order valence-electron chi connectivity index (χ4n) is 3.22. The van der Waals surface area contributed by atoms with E-state index in [9.17, 15) is 0 Å². The third-order valence-corrected chi connectivity index (χ3v) is 4.37. The maximum absolute atomic E-state index is 5.91. The smallest absolute Gasteiger partial charge is 0.249 e. The molecule has 24 heavy (non-hydrogen) atoms. The van der Waals surface area contributed by atoms with Crippen LogP contribution in [0.25, 0.3) is 11.5 Å². The molecule has 0 radical (unpaired) electrons. The minimum absolute atomic E-state index is 0.286. The maximum Gasteiger partial charge on any atom is 0.249 e. The molecule has 3 aromatic rings. The summed E-state index contributed by atoms with van der Waals surface area (Å²) in [4.78, 5) is 6.53. The summed E-state index contributed by atoms with van der Waals surface area (Å²) in [5.41, 5.74) is 2.10. The summed E-state index contributed by atoms with van der Waals surface area (Å²) in [7, 11) is 1.95. The molecule has 0 aromatic carbocycles. The summed E-state index contributed by atoms with van der Waals surface area (Å²) in [6.07, 6.45) is 9.69. The van der Waals surface area contributed by atoms with E-state index in [-0.39, 0.29) is 5.92 Å². The number of aromatic nitrogens is 5. The molecule has 3 aromatic heterocycles. The normalized spacial score (nSPS) is 18.8. The predicted octanol–water partition coefficient (Wildman–Crippen LogP) is 2.24. The third-order valence-electron chi connectivity index (χ3n) is 4.37. The molecule has 0 unspecified atom stereocenters. The molecule has 7 heteroatoms. The van der Waals surface area contributed by atoms with E-state index in [1.165, 1.54) is 5.56 Å². The van der Waals surface area contributed by atoms with Crippen LogP contribution in [0.2, 0.25) is 0 Å². The Hall–Kier alpha value is -2.54. The van der Waals surface area contributed by atoms with Crippen LogP contribution in [0.5, 0.6) is 0 Å². The number of pyridine rings is 1. The molecular weight excluding hydrogens is 304 g/mol. The van der Waals surface area contributed by atoms with E-state index in [1.54, 1.807) is 12.4 Å². The molecule has 0 bridgehead atoms. The molecule has 1 atom stereocenters. The summed E-state index contributed by atoms with van der Waals surface area (Å²) in [6.45, 7) is 2.94. The van der Waals surface area contributed by atoms with Gasteiger partial charge in [0.25, 0.3) is 0 Å². The summed E-state index contributed by atoms with van der Waals surface area (Å²) < 4.78 is 7.75. The molecule has 1 fully saturated rings. The lowest BCUT2D eigenvalue weighted by Crippen LogP contribution is -2.33. The Kier molecular flexibility index (Phi) is 4.08. The van der Waals surface area contributed by atoms with Crippen molar-refractivity contribution in [3.8, 4) is 11.5 Å². The number of aryl methyl sites for hydroxylation is 1. The van der Waals surface area contributed by atoms with Gasteiger partial charge in [0.2, 0.25) is 11.8 Å². The molecule has 0 spiro atoms. The van der Waals surface area contributed by atoms with Crippen LogP contribution >= 0.6 is 0 Å². The van der Waals surface area contributed by atoms with E-state index < -0.39 is 0 Å². The van der Waals surface area contributed by atoms with E-state index in [1.807, 2.05) is 30.1 Å². The van der Waals surface area contributed by atoms with Gasteiger partial charge in [0, 0.05) is 44.3 Å². The highest BCUT2D eigenvalue weighted by Gasteiger charge is 2.26. The zero-order chi connectivity index (χ0) is 16.4. The number of piperidine rings is 1. The van der Waals surface area contributed by atoms with Crippen LogP contribution < -0.4 is 0 Å². The monoisotopic (exact) mass is 324 g/mol. The van der Waals surface area contributed by atoms with Gasteiger partial charge in [-0.25, -0.2) is 0 Å².